The molecular formula is C20H39N3O5S9. The van der Waals surface area contributed by atoms with Gasteiger partial charge in [0.05, 0.1) is 29.5 Å². The highest BCUT2D eigenvalue weighted by Crippen LogP contribution is 2.19. The van der Waals surface area contributed by atoms with Crippen molar-refractivity contribution in [2.45, 2.75) is 0 Å². The molecule has 0 radical (unpaired) electrons. The summed E-state index contributed by atoms with van der Waals surface area (Å²) in [6.07, 6.45) is 3.30. The number of hydrogen-bond acceptors (Lipinski definition) is 15. The lowest BCUT2D eigenvalue weighted by atomic mass is 10.8. The third-order valence-corrected chi connectivity index (χ3v) is 13.6. The first-order valence-corrected chi connectivity index (χ1v) is 22.0. The van der Waals surface area contributed by atoms with Crippen LogP contribution in [0.2, 0.25) is 0 Å². The Hall–Kier alpha value is 1.48. The monoisotopic (exact) mass is 689 g/mol. The summed E-state index contributed by atoms with van der Waals surface area (Å²) >= 11 is 14.2. The van der Waals surface area contributed by atoms with Gasteiger partial charge in [0, 0.05) is 73.7 Å². The molecule has 8 nitrogen and oxygen atoms in total. The van der Waals surface area contributed by atoms with Crippen LogP contribution in [0.25, 0.3) is 0 Å². The Balaban J connectivity index is 3.27. The molecule has 1 amide bonds. The molecule has 17 heteroatoms. The smallest absolute Gasteiger partial charge is 0.279 e. The molecule has 218 valence electrons. The normalized spacial score (nSPS) is 12.5. The zero-order chi connectivity index (χ0) is 27.1. The fourth-order valence-corrected chi connectivity index (χ4v) is 10.8. The molecule has 0 aromatic carbocycles. The number of nitrogens with one attached hydrogen (secondary N) is 1. The topological polar surface area (TPSA) is 110 Å². The molecule has 1 unspecified atom stereocenters. The minimum Gasteiger partial charge on any atom is -0.394 e. The number of carbonyl (C=O) groups is 1. The van der Waals surface area contributed by atoms with Crippen LogP contribution in [0.5, 0.6) is 0 Å². The molecule has 0 aromatic heterocycles. The molecule has 0 fully saturated rings. The van der Waals surface area contributed by atoms with E-state index in [9.17, 15) is 9.00 Å². The van der Waals surface area contributed by atoms with E-state index in [1.165, 1.54) is 18.2 Å². The molecule has 2 N–H and O–H groups in total. The van der Waals surface area contributed by atoms with Gasteiger partial charge in [0.1, 0.15) is 6.61 Å². The van der Waals surface area contributed by atoms with Gasteiger partial charge in [-0.2, -0.15) is 40.2 Å². The van der Waals surface area contributed by atoms with Crippen LogP contribution in [0.1, 0.15) is 0 Å². The predicted octanol–water partition coefficient (Wildman–Crippen LogP) is 4.77. The molecule has 0 aliphatic carbocycles. The maximum Gasteiger partial charge on any atom is 0.279 e. The molecule has 37 heavy (non-hydrogen) atoms. The number of thioether (sulfide) groups is 8. The molecule has 0 aromatic rings. The number of aliphatic hydroxyl groups excluding tert-OH is 1. The molecule has 0 bridgehead atoms. The van der Waals surface area contributed by atoms with E-state index in [4.69, 9.17) is 5.11 Å². The predicted molar refractivity (Wildman–Crippen MR) is 183 cm³/mol. The lowest BCUT2D eigenvalue weighted by Gasteiger charge is -2.05. The Morgan fingerprint density at radius 2 is 1.57 bits per heavy atom. The summed E-state index contributed by atoms with van der Waals surface area (Å²) in [5.41, 5.74) is 1.59. The van der Waals surface area contributed by atoms with Crippen molar-refractivity contribution in [2.24, 2.45) is 9.98 Å². The average molecular weight is 690 g/mol. The molecule has 0 aliphatic rings. The minimum atomic E-state index is -0.943. The molecule has 0 heterocycles. The van der Waals surface area contributed by atoms with Gasteiger partial charge in [-0.15, -0.1) is 47.0 Å². The van der Waals surface area contributed by atoms with E-state index in [0.717, 1.165) is 61.4 Å². The van der Waals surface area contributed by atoms with Gasteiger partial charge in [0.15, 0.2) is 0 Å². The maximum atomic E-state index is 11.9. The minimum absolute atomic E-state index is 0.0592. The fourth-order valence-electron chi connectivity index (χ4n) is 1.80. The van der Waals surface area contributed by atoms with Crippen molar-refractivity contribution in [3.8, 4) is 0 Å². The second kappa shape index (κ2) is 33.7. The lowest BCUT2D eigenvalue weighted by Crippen LogP contribution is -2.22. The van der Waals surface area contributed by atoms with Gasteiger partial charge in [-0.05, 0) is 6.26 Å². The van der Waals surface area contributed by atoms with Crippen molar-refractivity contribution in [1.82, 2.24) is 5.32 Å². The molecule has 0 rings (SSSR count). The summed E-state index contributed by atoms with van der Waals surface area (Å²) in [4.78, 5) is 29.3. The summed E-state index contributed by atoms with van der Waals surface area (Å²) in [6, 6.07) is 0. The second-order valence-corrected chi connectivity index (χ2v) is 17.6. The Morgan fingerprint density at radius 1 is 0.892 bits per heavy atom. The van der Waals surface area contributed by atoms with E-state index >= 15 is 0 Å². The summed E-state index contributed by atoms with van der Waals surface area (Å²) in [6.45, 7) is 2.17. The van der Waals surface area contributed by atoms with Crippen molar-refractivity contribution in [3.63, 3.8) is 0 Å². The van der Waals surface area contributed by atoms with Crippen molar-refractivity contribution in [2.75, 3.05) is 99.7 Å². The van der Waals surface area contributed by atoms with E-state index < -0.39 is 10.8 Å². The highest BCUT2D eigenvalue weighted by atomic mass is 32.2. The van der Waals surface area contributed by atoms with Gasteiger partial charge in [0.25, 0.3) is 5.24 Å². The van der Waals surface area contributed by atoms with Crippen LogP contribution in [-0.4, -0.2) is 126 Å². The zero-order valence-corrected chi connectivity index (χ0v) is 28.5. The highest BCUT2D eigenvalue weighted by Gasteiger charge is 2.02. The van der Waals surface area contributed by atoms with E-state index in [1.807, 2.05) is 76.8 Å². The number of aliphatic hydroxyl groups is 1. The Morgan fingerprint density at radius 3 is 2.30 bits per heavy atom. The largest absolute Gasteiger partial charge is 0.394 e. The average Bonchev–Trinajstić information content (AvgIpc) is 2.90. The molecule has 0 aliphatic heterocycles. The quantitative estimate of drug-likeness (QED) is 0.0294. The van der Waals surface area contributed by atoms with E-state index in [1.54, 1.807) is 17.3 Å². The standard InChI is InChI=1S/C20H39N3O5S9/c1-29-7-2-22-15-37(26)13-12-33-19-35-18-32-10-11-36-20(25)23-4-9-31-17-34-16-30-8-3-21-14-28-27-6-5-24/h14-15,24H,2-13,16-19H2,1H3,(H,23,25). The number of aliphatic imine (C=N–C) groups is 2. The SMILES string of the molecule is CSCCN=CS(=O)CCSCSCSCCSC(=O)NCCSCSCSCCN=COOCCO. The van der Waals surface area contributed by atoms with Gasteiger partial charge in [-0.25, -0.2) is 0 Å². The fraction of sp³-hybridized carbons (Fsp3) is 0.850. The van der Waals surface area contributed by atoms with Gasteiger partial charge in [0.2, 0.25) is 6.40 Å². The van der Waals surface area contributed by atoms with Crippen LogP contribution >= 0.6 is 94.1 Å². The Labute approximate surface area is 258 Å². The Bertz CT molecular complexity index is 596. The van der Waals surface area contributed by atoms with Crippen molar-refractivity contribution in [1.29, 1.82) is 0 Å². The summed E-state index contributed by atoms with van der Waals surface area (Å²) < 4.78 is 11.7. The first-order chi connectivity index (χ1) is 18.2. The third-order valence-electron chi connectivity index (χ3n) is 3.41. The number of hydrogen-bond donors (Lipinski definition) is 2. The van der Waals surface area contributed by atoms with Crippen molar-refractivity contribution >= 4 is 122 Å². The summed E-state index contributed by atoms with van der Waals surface area (Å²) in [5.74, 6) is 6.15. The number of amides is 1. The number of rotatable bonds is 28. The first kappa shape index (κ1) is 38.5. The number of nitrogens with zero attached hydrogens (tertiary/aromatic N) is 2. The van der Waals surface area contributed by atoms with Crippen LogP contribution in [0.15, 0.2) is 9.98 Å². The lowest BCUT2D eigenvalue weighted by molar-refractivity contribution is -0.221. The summed E-state index contributed by atoms with van der Waals surface area (Å²) in [7, 11) is -0.943. The molecular weight excluding hydrogens is 651 g/mol. The van der Waals surface area contributed by atoms with Crippen LogP contribution in [-0.2, 0) is 20.6 Å². The van der Waals surface area contributed by atoms with Gasteiger partial charge < -0.3 is 15.3 Å². The van der Waals surface area contributed by atoms with Crippen LogP contribution in [0.3, 0.4) is 0 Å². The van der Waals surface area contributed by atoms with Crippen LogP contribution in [0, 0.1) is 0 Å². The van der Waals surface area contributed by atoms with Crippen molar-refractivity contribution < 1.29 is 23.9 Å². The van der Waals surface area contributed by atoms with Crippen molar-refractivity contribution in [3.05, 3.63) is 0 Å². The first-order valence-electron chi connectivity index (χ1n) is 11.3. The van der Waals surface area contributed by atoms with E-state index in [0.29, 0.717) is 18.8 Å². The van der Waals surface area contributed by atoms with Gasteiger partial charge in [-0.1, -0.05) is 11.8 Å². The van der Waals surface area contributed by atoms with Crippen LogP contribution < -0.4 is 5.32 Å². The van der Waals surface area contributed by atoms with E-state index in [2.05, 4.69) is 25.1 Å². The molecule has 1 atom stereocenters. The number of carbonyl (C=O) groups excluding carboxylic acids is 1. The van der Waals surface area contributed by atoms with Crippen LogP contribution in [0.4, 0.5) is 4.79 Å². The second-order valence-electron chi connectivity index (χ2n) is 6.32. The zero-order valence-electron chi connectivity index (χ0n) is 21.1. The van der Waals surface area contributed by atoms with Gasteiger partial charge >= 0.3 is 0 Å². The molecule has 0 spiro atoms. The van der Waals surface area contributed by atoms with E-state index in [-0.39, 0.29) is 18.5 Å². The highest BCUT2D eigenvalue weighted by molar-refractivity contribution is 8.23. The molecule has 0 saturated carbocycles. The molecule has 0 saturated heterocycles. The van der Waals surface area contributed by atoms with Gasteiger partial charge in [-0.3, -0.25) is 19.0 Å². The Kier molecular flexibility index (Phi) is 35.0. The third kappa shape index (κ3) is 33.6. The maximum absolute atomic E-state index is 11.9. The summed E-state index contributed by atoms with van der Waals surface area (Å²) in [5, 5.41) is 15.6.